The van der Waals surface area contributed by atoms with E-state index in [4.69, 9.17) is 4.74 Å². The summed E-state index contributed by atoms with van der Waals surface area (Å²) < 4.78 is 32.3. The van der Waals surface area contributed by atoms with Gasteiger partial charge in [-0.15, -0.1) is 11.3 Å². The number of amides is 1. The summed E-state index contributed by atoms with van der Waals surface area (Å²) in [5, 5.41) is 1.89. The zero-order valence-electron chi connectivity index (χ0n) is 14.0. The van der Waals surface area contributed by atoms with E-state index in [-0.39, 0.29) is 5.91 Å². The van der Waals surface area contributed by atoms with Crippen LogP contribution in [0.5, 0.6) is 5.75 Å². The van der Waals surface area contributed by atoms with Crippen LogP contribution in [0.1, 0.15) is 23.0 Å². The van der Waals surface area contributed by atoms with Crippen LogP contribution in [-0.2, 0) is 6.61 Å². The topological polar surface area (TPSA) is 42.4 Å². The Morgan fingerprint density at radius 1 is 1.19 bits per heavy atom. The number of ether oxygens (including phenoxy) is 1. The van der Waals surface area contributed by atoms with E-state index in [9.17, 15) is 13.6 Å². The minimum absolute atomic E-state index is 0.296. The van der Waals surface area contributed by atoms with Crippen molar-refractivity contribution in [2.24, 2.45) is 0 Å². The van der Waals surface area contributed by atoms with E-state index in [2.05, 4.69) is 4.98 Å². The van der Waals surface area contributed by atoms with E-state index in [1.165, 1.54) is 22.3 Å². The van der Waals surface area contributed by atoms with Gasteiger partial charge in [0.2, 0.25) is 0 Å². The second-order valence-electron chi connectivity index (χ2n) is 5.44. The number of hydrogen-bond donors (Lipinski definition) is 0. The summed E-state index contributed by atoms with van der Waals surface area (Å²) in [6, 6.07) is 10.1. The van der Waals surface area contributed by atoms with Crippen molar-refractivity contribution in [1.82, 2.24) is 4.98 Å². The van der Waals surface area contributed by atoms with Crippen LogP contribution in [0.4, 0.5) is 14.5 Å². The number of rotatable bonds is 6. The summed E-state index contributed by atoms with van der Waals surface area (Å²) in [7, 11) is 0. The summed E-state index contributed by atoms with van der Waals surface area (Å²) in [5.74, 6) is -1.73. The van der Waals surface area contributed by atoms with Gasteiger partial charge in [-0.3, -0.25) is 4.79 Å². The molecule has 26 heavy (non-hydrogen) atoms. The highest BCUT2D eigenvalue weighted by atomic mass is 32.1. The number of carbonyl (C=O) groups is 1. The molecule has 1 amide bonds. The average Bonchev–Trinajstić information content (AvgIpc) is 3.17. The summed E-state index contributed by atoms with van der Waals surface area (Å²) in [4.78, 5) is 18.3. The van der Waals surface area contributed by atoms with Gasteiger partial charge in [-0.25, -0.2) is 13.8 Å². The number of thiazole rings is 1. The first-order valence-corrected chi connectivity index (χ1v) is 8.89. The van der Waals surface area contributed by atoms with Gasteiger partial charge in [0.25, 0.3) is 5.91 Å². The number of nitrogens with zero attached hydrogens (tertiary/aromatic N) is 2. The molecule has 3 rings (SSSR count). The molecular formula is C19H16F2N2O2S. The molecule has 0 saturated carbocycles. The van der Waals surface area contributed by atoms with Gasteiger partial charge in [0.1, 0.15) is 12.4 Å². The van der Waals surface area contributed by atoms with E-state index in [0.29, 0.717) is 30.2 Å². The monoisotopic (exact) mass is 374 g/mol. The van der Waals surface area contributed by atoms with Crippen molar-refractivity contribution in [2.75, 3.05) is 11.4 Å². The van der Waals surface area contributed by atoms with Gasteiger partial charge in [0.05, 0.1) is 11.2 Å². The average molecular weight is 374 g/mol. The molecule has 0 saturated heterocycles. The van der Waals surface area contributed by atoms with Crippen molar-refractivity contribution in [1.29, 1.82) is 0 Å². The lowest BCUT2D eigenvalue weighted by Crippen LogP contribution is -2.30. The van der Waals surface area contributed by atoms with E-state index < -0.39 is 11.6 Å². The summed E-state index contributed by atoms with van der Waals surface area (Å²) in [6.07, 6.45) is 0. The zero-order chi connectivity index (χ0) is 18.5. The maximum atomic E-state index is 13.5. The molecule has 0 aliphatic carbocycles. The molecule has 4 nitrogen and oxygen atoms in total. The third kappa shape index (κ3) is 4.05. The standard InChI is InChI=1S/C19H16F2N2O2S/c1-2-23(15-6-7-17(20)18(21)9-15)19(24)13-4-3-5-16(8-13)25-10-14-11-26-12-22-14/h3-9,11-12H,2,10H2,1H3. The fraction of sp³-hybridized carbons (Fsp3) is 0.158. The van der Waals surface area contributed by atoms with Crippen molar-refractivity contribution in [3.63, 3.8) is 0 Å². The number of aromatic nitrogens is 1. The Morgan fingerprint density at radius 3 is 2.73 bits per heavy atom. The third-order valence-corrected chi connectivity index (χ3v) is 4.36. The van der Waals surface area contributed by atoms with Gasteiger partial charge in [0.15, 0.2) is 11.6 Å². The molecule has 0 atom stereocenters. The molecule has 1 aromatic heterocycles. The largest absolute Gasteiger partial charge is 0.487 e. The van der Waals surface area contributed by atoms with Crippen LogP contribution in [0, 0.1) is 11.6 Å². The van der Waals surface area contributed by atoms with Gasteiger partial charge in [-0.1, -0.05) is 6.07 Å². The molecule has 0 unspecified atom stereocenters. The van der Waals surface area contributed by atoms with Gasteiger partial charge in [-0.2, -0.15) is 0 Å². The minimum Gasteiger partial charge on any atom is -0.487 e. The van der Waals surface area contributed by atoms with E-state index in [1.807, 2.05) is 5.38 Å². The van der Waals surface area contributed by atoms with E-state index in [1.54, 1.807) is 36.7 Å². The van der Waals surface area contributed by atoms with Crippen LogP contribution >= 0.6 is 11.3 Å². The van der Waals surface area contributed by atoms with Crippen molar-refractivity contribution < 1.29 is 18.3 Å². The lowest BCUT2D eigenvalue weighted by Gasteiger charge is -2.21. The molecule has 0 fully saturated rings. The van der Waals surface area contributed by atoms with Crippen LogP contribution in [-0.4, -0.2) is 17.4 Å². The molecule has 7 heteroatoms. The molecule has 0 radical (unpaired) electrons. The van der Waals surface area contributed by atoms with Crippen molar-refractivity contribution in [3.8, 4) is 5.75 Å². The molecule has 2 aromatic carbocycles. The molecule has 0 N–H and O–H groups in total. The van der Waals surface area contributed by atoms with Crippen LogP contribution in [0.2, 0.25) is 0 Å². The van der Waals surface area contributed by atoms with Gasteiger partial charge >= 0.3 is 0 Å². The predicted molar refractivity (Wildman–Crippen MR) is 96.6 cm³/mol. The Labute approximate surface area is 153 Å². The Hall–Kier alpha value is -2.80. The second-order valence-corrected chi connectivity index (χ2v) is 6.16. The highest BCUT2D eigenvalue weighted by Crippen LogP contribution is 2.22. The smallest absolute Gasteiger partial charge is 0.258 e. The lowest BCUT2D eigenvalue weighted by molar-refractivity contribution is 0.0987. The summed E-state index contributed by atoms with van der Waals surface area (Å²) in [6.45, 7) is 2.39. The number of hydrogen-bond acceptors (Lipinski definition) is 4. The first-order valence-electron chi connectivity index (χ1n) is 7.95. The van der Waals surface area contributed by atoms with Crippen LogP contribution < -0.4 is 9.64 Å². The number of halogens is 2. The molecule has 1 heterocycles. The van der Waals surface area contributed by atoms with Crippen LogP contribution in [0.3, 0.4) is 0 Å². The molecular weight excluding hydrogens is 358 g/mol. The Balaban J connectivity index is 1.79. The Morgan fingerprint density at radius 2 is 2.04 bits per heavy atom. The first kappa shape index (κ1) is 18.0. The Bertz CT molecular complexity index is 900. The van der Waals surface area contributed by atoms with Crippen LogP contribution in [0.15, 0.2) is 53.4 Å². The molecule has 134 valence electrons. The van der Waals surface area contributed by atoms with Crippen molar-refractivity contribution in [2.45, 2.75) is 13.5 Å². The predicted octanol–water partition coefficient (Wildman–Crippen LogP) is 4.67. The van der Waals surface area contributed by atoms with Crippen molar-refractivity contribution in [3.05, 3.63) is 76.2 Å². The molecule has 0 aliphatic rings. The van der Waals surface area contributed by atoms with Crippen molar-refractivity contribution >= 4 is 22.9 Å². The van der Waals surface area contributed by atoms with Crippen LogP contribution in [0.25, 0.3) is 0 Å². The quantitative estimate of drug-likeness (QED) is 0.630. The normalized spacial score (nSPS) is 10.6. The number of anilines is 1. The van der Waals surface area contributed by atoms with Gasteiger partial charge < -0.3 is 9.64 Å². The Kier molecular flexibility index (Phi) is 5.58. The fourth-order valence-electron chi connectivity index (χ4n) is 2.44. The highest BCUT2D eigenvalue weighted by molar-refractivity contribution is 7.07. The maximum Gasteiger partial charge on any atom is 0.258 e. The maximum absolute atomic E-state index is 13.5. The highest BCUT2D eigenvalue weighted by Gasteiger charge is 2.18. The fourth-order valence-corrected chi connectivity index (χ4v) is 2.98. The number of carbonyl (C=O) groups excluding carboxylic acids is 1. The van der Waals surface area contributed by atoms with Gasteiger partial charge in [-0.05, 0) is 37.3 Å². The SMILES string of the molecule is CCN(C(=O)c1cccc(OCc2cscn2)c1)c1ccc(F)c(F)c1. The summed E-state index contributed by atoms with van der Waals surface area (Å²) >= 11 is 1.48. The second kappa shape index (κ2) is 8.05. The number of benzene rings is 2. The molecule has 0 bridgehead atoms. The van der Waals surface area contributed by atoms with Gasteiger partial charge in [0, 0.05) is 29.2 Å². The molecule has 0 aliphatic heterocycles. The van der Waals surface area contributed by atoms with E-state index >= 15 is 0 Å². The first-order chi connectivity index (χ1) is 12.6. The molecule has 3 aromatic rings. The minimum atomic E-state index is -0.992. The lowest BCUT2D eigenvalue weighted by atomic mass is 10.1. The third-order valence-electron chi connectivity index (χ3n) is 3.73. The van der Waals surface area contributed by atoms with E-state index in [0.717, 1.165) is 17.8 Å². The zero-order valence-corrected chi connectivity index (χ0v) is 14.8. The summed E-state index contributed by atoms with van der Waals surface area (Å²) in [5.41, 5.74) is 3.22. The molecule has 0 spiro atoms.